The number of unbranched alkanes of at least 4 members (excludes halogenated alkanes) is 6. The van der Waals surface area contributed by atoms with Crippen LogP contribution in [0.4, 0.5) is 0 Å². The van der Waals surface area contributed by atoms with E-state index in [-0.39, 0.29) is 0 Å². The smallest absolute Gasteiger partial charge is 0.00913 e. The third-order valence-electron chi connectivity index (χ3n) is 4.08. The number of rotatable bonds is 12. The molecule has 0 radical (unpaired) electrons. The summed E-state index contributed by atoms with van der Waals surface area (Å²) in [6, 6.07) is 10.7. The van der Waals surface area contributed by atoms with E-state index in [0.717, 1.165) is 0 Å². The molecule has 0 saturated heterocycles. The lowest BCUT2D eigenvalue weighted by molar-refractivity contribution is 0.666. The monoisotopic (exact) mass is 424 g/mol. The lowest BCUT2D eigenvalue weighted by Crippen LogP contribution is -1.85. The van der Waals surface area contributed by atoms with E-state index in [1.165, 1.54) is 78.9 Å². The Kier molecular flexibility index (Phi) is 12.3. The summed E-state index contributed by atoms with van der Waals surface area (Å²) in [7, 11) is 0. The van der Waals surface area contributed by atoms with Crippen LogP contribution >= 0.6 is 22.6 Å². The van der Waals surface area contributed by atoms with Crippen molar-refractivity contribution in [3.63, 3.8) is 0 Å². The Bertz CT molecular complexity index is 456. The summed E-state index contributed by atoms with van der Waals surface area (Å²) in [6.07, 6.45) is 18.0. The minimum absolute atomic E-state index is 1.20. The number of halogens is 1. The van der Waals surface area contributed by atoms with Gasteiger partial charge >= 0.3 is 0 Å². The van der Waals surface area contributed by atoms with Gasteiger partial charge in [-0.05, 0) is 69.1 Å². The van der Waals surface area contributed by atoms with Crippen LogP contribution in [0.3, 0.4) is 0 Å². The molecule has 0 saturated carbocycles. The van der Waals surface area contributed by atoms with E-state index in [4.69, 9.17) is 0 Å². The molecule has 1 heteroatoms. The molecule has 0 aliphatic rings. The Balaban J connectivity index is 2.64. The third-order valence-corrected chi connectivity index (χ3v) is 4.93. The Morgan fingerprint density at radius 3 is 2.04 bits per heavy atom. The SMILES string of the molecule is CCCCCCC(I)=CC(=Cc1ccccc1)CCCCCC. The van der Waals surface area contributed by atoms with Crippen molar-refractivity contribution in [3.05, 3.63) is 51.1 Å². The fourth-order valence-corrected chi connectivity index (χ4v) is 3.48. The first-order valence-electron chi connectivity index (χ1n) is 9.38. The van der Waals surface area contributed by atoms with Gasteiger partial charge in [-0.3, -0.25) is 0 Å². The van der Waals surface area contributed by atoms with E-state index in [9.17, 15) is 0 Å². The summed E-state index contributed by atoms with van der Waals surface area (Å²) < 4.78 is 1.51. The lowest BCUT2D eigenvalue weighted by atomic mass is 10.0. The van der Waals surface area contributed by atoms with E-state index in [2.05, 4.69) is 78.9 Å². The Hall–Kier alpha value is -0.570. The quantitative estimate of drug-likeness (QED) is 0.180. The van der Waals surface area contributed by atoms with Gasteiger partial charge in [0.2, 0.25) is 0 Å². The number of hydrogen-bond acceptors (Lipinski definition) is 0. The van der Waals surface area contributed by atoms with Crippen molar-refractivity contribution in [3.8, 4) is 0 Å². The number of benzene rings is 1. The molecule has 1 rings (SSSR count). The first kappa shape index (κ1) is 20.5. The zero-order valence-electron chi connectivity index (χ0n) is 15.0. The van der Waals surface area contributed by atoms with Gasteiger partial charge in [-0.15, -0.1) is 0 Å². The third kappa shape index (κ3) is 10.8. The molecule has 1 aromatic rings. The van der Waals surface area contributed by atoms with Gasteiger partial charge in [-0.1, -0.05) is 88.8 Å². The highest BCUT2D eigenvalue weighted by molar-refractivity contribution is 14.1. The predicted octanol–water partition coefficient (Wildman–Crippen LogP) is 8.33. The zero-order chi connectivity index (χ0) is 16.8. The summed E-state index contributed by atoms with van der Waals surface area (Å²) in [5.41, 5.74) is 2.82. The summed E-state index contributed by atoms with van der Waals surface area (Å²) in [5, 5.41) is 0. The van der Waals surface area contributed by atoms with Crippen LogP contribution in [0.15, 0.2) is 45.6 Å². The topological polar surface area (TPSA) is 0 Å². The molecule has 0 spiro atoms. The maximum atomic E-state index is 2.54. The molecule has 0 fully saturated rings. The average molecular weight is 424 g/mol. The summed E-state index contributed by atoms with van der Waals surface area (Å²) in [5.74, 6) is 0. The van der Waals surface area contributed by atoms with Crippen molar-refractivity contribution in [1.82, 2.24) is 0 Å². The molecule has 0 atom stereocenters. The van der Waals surface area contributed by atoms with Gasteiger partial charge in [-0.2, -0.15) is 0 Å². The largest absolute Gasteiger partial charge is 0.0654 e. The normalized spacial score (nSPS) is 12.7. The zero-order valence-corrected chi connectivity index (χ0v) is 17.1. The molecule has 0 aliphatic heterocycles. The van der Waals surface area contributed by atoms with Crippen LogP contribution in [0, 0.1) is 0 Å². The van der Waals surface area contributed by atoms with Crippen LogP contribution in [-0.2, 0) is 0 Å². The molecule has 0 heterocycles. The predicted molar refractivity (Wildman–Crippen MR) is 114 cm³/mol. The molecule has 0 unspecified atom stereocenters. The maximum Gasteiger partial charge on any atom is -0.00913 e. The van der Waals surface area contributed by atoms with E-state index in [1.54, 1.807) is 0 Å². The van der Waals surface area contributed by atoms with Gasteiger partial charge in [0.1, 0.15) is 0 Å². The molecule has 0 amide bonds. The van der Waals surface area contributed by atoms with Gasteiger partial charge in [0, 0.05) is 0 Å². The number of hydrogen-bond donors (Lipinski definition) is 0. The van der Waals surface area contributed by atoms with Gasteiger partial charge in [0.25, 0.3) is 0 Å². The second-order valence-electron chi connectivity index (χ2n) is 6.34. The van der Waals surface area contributed by atoms with Crippen molar-refractivity contribution in [2.45, 2.75) is 78.1 Å². The summed E-state index contributed by atoms with van der Waals surface area (Å²) in [4.78, 5) is 0. The van der Waals surface area contributed by atoms with E-state index in [1.807, 2.05) is 0 Å². The molecule has 23 heavy (non-hydrogen) atoms. The van der Waals surface area contributed by atoms with Crippen molar-refractivity contribution < 1.29 is 0 Å². The van der Waals surface area contributed by atoms with Crippen LogP contribution in [0.25, 0.3) is 6.08 Å². The minimum atomic E-state index is 1.20. The van der Waals surface area contributed by atoms with Crippen LogP contribution in [-0.4, -0.2) is 0 Å². The van der Waals surface area contributed by atoms with E-state index < -0.39 is 0 Å². The second kappa shape index (κ2) is 13.8. The standard InChI is InChI=1S/C22H33I/c1-3-5-7-10-16-21(18-20-14-11-9-12-15-20)19-22(23)17-13-8-6-4-2/h9,11-12,14-15,18-19H,3-8,10,13,16-17H2,1-2H3. The summed E-state index contributed by atoms with van der Waals surface area (Å²) in [6.45, 7) is 4.55. The highest BCUT2D eigenvalue weighted by Crippen LogP contribution is 2.23. The molecule has 0 bridgehead atoms. The first-order valence-corrected chi connectivity index (χ1v) is 10.5. The van der Waals surface area contributed by atoms with Gasteiger partial charge in [0.05, 0.1) is 0 Å². The van der Waals surface area contributed by atoms with Crippen molar-refractivity contribution >= 4 is 28.7 Å². The fourth-order valence-electron chi connectivity index (χ4n) is 2.70. The lowest BCUT2D eigenvalue weighted by Gasteiger charge is -2.06. The molecule has 0 aliphatic carbocycles. The van der Waals surface area contributed by atoms with Crippen LogP contribution in [0.5, 0.6) is 0 Å². The van der Waals surface area contributed by atoms with E-state index in [0.29, 0.717) is 0 Å². The Morgan fingerprint density at radius 1 is 0.826 bits per heavy atom. The van der Waals surface area contributed by atoms with Crippen molar-refractivity contribution in [1.29, 1.82) is 0 Å². The minimum Gasteiger partial charge on any atom is -0.0654 e. The van der Waals surface area contributed by atoms with Gasteiger partial charge in [-0.25, -0.2) is 0 Å². The second-order valence-corrected chi connectivity index (χ2v) is 7.73. The van der Waals surface area contributed by atoms with Crippen LogP contribution < -0.4 is 0 Å². The molecule has 128 valence electrons. The highest BCUT2D eigenvalue weighted by Gasteiger charge is 1.99. The van der Waals surface area contributed by atoms with Gasteiger partial charge in [0.15, 0.2) is 0 Å². The van der Waals surface area contributed by atoms with Crippen LogP contribution in [0.2, 0.25) is 0 Å². The maximum absolute atomic E-state index is 2.54. The van der Waals surface area contributed by atoms with Crippen LogP contribution in [0.1, 0.15) is 83.6 Å². The molecular weight excluding hydrogens is 391 g/mol. The average Bonchev–Trinajstić information content (AvgIpc) is 2.56. The first-order chi connectivity index (χ1) is 11.3. The molecule has 0 aromatic heterocycles. The highest BCUT2D eigenvalue weighted by atomic mass is 127. The van der Waals surface area contributed by atoms with Gasteiger partial charge < -0.3 is 0 Å². The molecule has 0 nitrogen and oxygen atoms in total. The molecular formula is C22H33I. The Morgan fingerprint density at radius 2 is 1.43 bits per heavy atom. The summed E-state index contributed by atoms with van der Waals surface area (Å²) >= 11 is 2.54. The number of allylic oxidation sites excluding steroid dienone is 3. The van der Waals surface area contributed by atoms with Crippen molar-refractivity contribution in [2.75, 3.05) is 0 Å². The van der Waals surface area contributed by atoms with E-state index >= 15 is 0 Å². The molecule has 1 aromatic carbocycles. The fraction of sp³-hybridized carbons (Fsp3) is 0.545. The Labute approximate surface area is 157 Å². The van der Waals surface area contributed by atoms with Crippen molar-refractivity contribution in [2.24, 2.45) is 0 Å². The molecule has 0 N–H and O–H groups in total.